The quantitative estimate of drug-likeness (QED) is 0.559. The lowest BCUT2D eigenvalue weighted by atomic mass is 10.1. The smallest absolute Gasteiger partial charge is 0.143 e. The number of hydrogen-bond donors (Lipinski definition) is 2. The Morgan fingerprint density at radius 2 is 1.74 bits per heavy atom. The van der Waals surface area contributed by atoms with Gasteiger partial charge in [-0.3, -0.25) is 0 Å². The zero-order chi connectivity index (χ0) is 16.4. The topological polar surface area (TPSA) is 95.5 Å². The summed E-state index contributed by atoms with van der Waals surface area (Å²) in [4.78, 5) is 0. The van der Waals surface area contributed by atoms with Crippen LogP contribution in [0, 0.1) is 10.4 Å². The largest absolute Gasteiger partial charge is 0.628 e. The van der Waals surface area contributed by atoms with Gasteiger partial charge in [-0.2, -0.15) is 0 Å². The van der Waals surface area contributed by atoms with Gasteiger partial charge in [-0.1, -0.05) is 41.9 Å². The number of rotatable bonds is 3. The molecule has 0 spiro atoms. The number of nitrogens with one attached hydrogen (secondary N) is 1. The van der Waals surface area contributed by atoms with E-state index in [1.165, 1.54) is 24.3 Å². The summed E-state index contributed by atoms with van der Waals surface area (Å²) in [6.07, 6.45) is 0. The second-order valence-electron chi connectivity index (χ2n) is 4.81. The molecule has 0 aliphatic rings. The van der Waals surface area contributed by atoms with E-state index in [1.54, 1.807) is 6.07 Å². The summed E-state index contributed by atoms with van der Waals surface area (Å²) >= 11 is 5.99. The molecule has 0 saturated carbocycles. The molecule has 116 valence electrons. The average molecular weight is 329 g/mol. The van der Waals surface area contributed by atoms with Gasteiger partial charge in [0, 0.05) is 17.5 Å². The predicted molar refractivity (Wildman–Crippen MR) is 88.6 cm³/mol. The van der Waals surface area contributed by atoms with Gasteiger partial charge in [0.25, 0.3) is 0 Å². The summed E-state index contributed by atoms with van der Waals surface area (Å²) in [6.45, 7) is 0. The molecule has 0 saturated heterocycles. The van der Waals surface area contributed by atoms with Crippen molar-refractivity contribution in [1.82, 2.24) is 0 Å². The zero-order valence-electron chi connectivity index (χ0n) is 11.7. The van der Waals surface area contributed by atoms with Crippen LogP contribution >= 0.6 is 11.6 Å². The van der Waals surface area contributed by atoms with Crippen LogP contribution in [-0.2, 0) is 0 Å². The van der Waals surface area contributed by atoms with Crippen molar-refractivity contribution in [1.29, 1.82) is 0 Å². The SMILES string of the molecule is [O-][NH+]([O-])c1ccc(N=Nc2c(O)ccc3ccccc23)c(Cl)c1. The lowest BCUT2D eigenvalue weighted by Crippen LogP contribution is -2.96. The van der Waals surface area contributed by atoms with E-state index in [4.69, 9.17) is 11.6 Å². The van der Waals surface area contributed by atoms with E-state index in [-0.39, 0.29) is 16.5 Å². The van der Waals surface area contributed by atoms with E-state index >= 15 is 0 Å². The average Bonchev–Trinajstić information content (AvgIpc) is 2.55. The number of phenols is 1. The monoisotopic (exact) mass is 328 g/mol. The van der Waals surface area contributed by atoms with Gasteiger partial charge in [-0.15, -0.1) is 10.2 Å². The molecule has 0 unspecified atom stereocenters. The molecular weight excluding hydrogens is 318 g/mol. The van der Waals surface area contributed by atoms with Crippen molar-refractivity contribution in [3.8, 4) is 5.75 Å². The van der Waals surface area contributed by atoms with E-state index in [0.717, 1.165) is 10.8 Å². The van der Waals surface area contributed by atoms with Crippen molar-refractivity contribution < 1.29 is 10.3 Å². The molecule has 0 heterocycles. The summed E-state index contributed by atoms with van der Waals surface area (Å²) in [5.41, 5.74) is 0.578. The van der Waals surface area contributed by atoms with Gasteiger partial charge in [-0.25, -0.2) is 0 Å². The maximum atomic E-state index is 10.8. The number of fused-ring (bicyclic) bond motifs is 1. The van der Waals surface area contributed by atoms with Crippen molar-refractivity contribution in [2.24, 2.45) is 10.2 Å². The maximum Gasteiger partial charge on any atom is 0.143 e. The van der Waals surface area contributed by atoms with E-state index in [1.807, 2.05) is 24.3 Å². The highest BCUT2D eigenvalue weighted by Crippen LogP contribution is 2.37. The molecule has 6 nitrogen and oxygen atoms in total. The zero-order valence-corrected chi connectivity index (χ0v) is 12.5. The summed E-state index contributed by atoms with van der Waals surface area (Å²) < 4.78 is 0. The molecule has 3 aromatic rings. The van der Waals surface area contributed by atoms with Crippen LogP contribution in [0.4, 0.5) is 17.1 Å². The summed E-state index contributed by atoms with van der Waals surface area (Å²) in [5.74, 6) is -0.00470. The third-order valence-corrected chi connectivity index (χ3v) is 3.62. The second kappa shape index (κ2) is 6.31. The Hall–Kier alpha value is -2.51. The highest BCUT2D eigenvalue weighted by atomic mass is 35.5. The van der Waals surface area contributed by atoms with Crippen LogP contribution in [0.2, 0.25) is 5.02 Å². The first-order chi connectivity index (χ1) is 11.1. The molecule has 7 heteroatoms. The Kier molecular flexibility index (Phi) is 4.22. The van der Waals surface area contributed by atoms with Gasteiger partial charge in [0.15, 0.2) is 0 Å². The highest BCUT2D eigenvalue weighted by molar-refractivity contribution is 6.33. The Balaban J connectivity index is 2.02. The number of azo groups is 1. The van der Waals surface area contributed by atoms with Crippen LogP contribution in [0.1, 0.15) is 0 Å². The fourth-order valence-corrected chi connectivity index (χ4v) is 2.39. The number of hydrogen-bond acceptors (Lipinski definition) is 5. The number of quaternary nitrogens is 1. The van der Waals surface area contributed by atoms with Gasteiger partial charge in [0.2, 0.25) is 0 Å². The van der Waals surface area contributed by atoms with Gasteiger partial charge in [-0.05, 0) is 17.5 Å². The van der Waals surface area contributed by atoms with Crippen LogP contribution in [-0.4, -0.2) is 5.11 Å². The van der Waals surface area contributed by atoms with Crippen molar-refractivity contribution in [2.45, 2.75) is 0 Å². The molecule has 0 atom stereocenters. The minimum absolute atomic E-state index is 0.00470. The van der Waals surface area contributed by atoms with Gasteiger partial charge < -0.3 is 20.7 Å². The molecule has 23 heavy (non-hydrogen) atoms. The maximum absolute atomic E-state index is 10.8. The Morgan fingerprint density at radius 3 is 2.48 bits per heavy atom. The number of aromatic hydroxyl groups is 1. The minimum Gasteiger partial charge on any atom is -0.628 e. The van der Waals surface area contributed by atoms with Crippen molar-refractivity contribution >= 4 is 39.4 Å². The molecule has 0 amide bonds. The summed E-state index contributed by atoms with van der Waals surface area (Å²) in [7, 11) is 0. The lowest BCUT2D eigenvalue weighted by Gasteiger charge is -2.24. The number of halogens is 1. The molecular formula is C16H11ClN3O3-. The van der Waals surface area contributed by atoms with Crippen LogP contribution in [0.25, 0.3) is 10.8 Å². The predicted octanol–water partition coefficient (Wildman–Crippen LogP) is 4.13. The summed E-state index contributed by atoms with van der Waals surface area (Å²) in [6, 6.07) is 14.8. The van der Waals surface area contributed by atoms with Gasteiger partial charge in [0.05, 0.1) is 5.02 Å². The lowest BCUT2D eigenvalue weighted by molar-refractivity contribution is -0.715. The van der Waals surface area contributed by atoms with Crippen LogP contribution < -0.4 is 5.23 Å². The van der Waals surface area contributed by atoms with E-state index in [2.05, 4.69) is 10.2 Å². The van der Waals surface area contributed by atoms with Crippen molar-refractivity contribution in [3.63, 3.8) is 0 Å². The van der Waals surface area contributed by atoms with Crippen molar-refractivity contribution in [2.75, 3.05) is 0 Å². The van der Waals surface area contributed by atoms with E-state index < -0.39 is 5.23 Å². The number of nitrogens with zero attached hydrogens (tertiary/aromatic N) is 2. The van der Waals surface area contributed by atoms with Crippen molar-refractivity contribution in [3.05, 3.63) is 70.0 Å². The third-order valence-electron chi connectivity index (χ3n) is 3.32. The summed E-state index contributed by atoms with van der Waals surface area (Å²) in [5, 5.41) is 40.1. The molecule has 3 rings (SSSR count). The molecule has 0 aromatic heterocycles. The van der Waals surface area contributed by atoms with Crippen LogP contribution in [0.5, 0.6) is 5.75 Å². The Labute approximate surface area is 136 Å². The fourth-order valence-electron chi connectivity index (χ4n) is 2.17. The number of phenolic OH excluding ortho intramolecular Hbond substituents is 1. The molecule has 0 fully saturated rings. The van der Waals surface area contributed by atoms with E-state index in [0.29, 0.717) is 11.4 Å². The molecule has 2 N–H and O–H groups in total. The first-order valence-corrected chi connectivity index (χ1v) is 7.07. The van der Waals surface area contributed by atoms with Gasteiger partial charge in [0.1, 0.15) is 22.8 Å². The molecule has 0 bridgehead atoms. The Bertz CT molecular complexity index is 897. The Morgan fingerprint density at radius 1 is 0.957 bits per heavy atom. The molecule has 0 radical (unpaired) electrons. The van der Waals surface area contributed by atoms with Gasteiger partial charge >= 0.3 is 0 Å². The van der Waals surface area contributed by atoms with Crippen LogP contribution in [0.3, 0.4) is 0 Å². The molecule has 0 aliphatic carbocycles. The third kappa shape index (κ3) is 3.15. The molecule has 3 aromatic carbocycles. The minimum atomic E-state index is -1.32. The second-order valence-corrected chi connectivity index (χ2v) is 5.22. The normalized spacial score (nSPS) is 11.7. The molecule has 0 aliphatic heterocycles. The highest BCUT2D eigenvalue weighted by Gasteiger charge is 2.07. The van der Waals surface area contributed by atoms with E-state index in [9.17, 15) is 15.5 Å². The van der Waals surface area contributed by atoms with Crippen LogP contribution in [0.15, 0.2) is 64.8 Å². The first-order valence-electron chi connectivity index (χ1n) is 6.69. The number of benzene rings is 3. The fraction of sp³-hybridized carbons (Fsp3) is 0. The first kappa shape index (κ1) is 15.4. The standard InChI is InChI=1S/C16H11ClN3O3/c17-13-9-11(20(22)23)6-7-14(13)18-19-16-12-4-2-1-3-10(12)5-8-15(16)21/h1-9,20-21H/q-1.